The molecule has 0 aliphatic heterocycles. The second-order valence-corrected chi connectivity index (χ2v) is 6.81. The third-order valence-corrected chi connectivity index (χ3v) is 4.77. The maximum Gasteiger partial charge on any atom is 0.234 e. The van der Waals surface area contributed by atoms with Gasteiger partial charge in [-0.2, -0.15) is 5.10 Å². The lowest BCUT2D eigenvalue weighted by Crippen LogP contribution is -2.22. The van der Waals surface area contributed by atoms with Crippen LogP contribution >= 0.6 is 0 Å². The van der Waals surface area contributed by atoms with Crippen LogP contribution in [0, 0.1) is 0 Å². The lowest BCUT2D eigenvalue weighted by Gasteiger charge is -2.14. The van der Waals surface area contributed by atoms with Gasteiger partial charge in [0.25, 0.3) is 0 Å². The quantitative estimate of drug-likeness (QED) is 0.844. The lowest BCUT2D eigenvalue weighted by atomic mass is 10.0. The molecular weight excluding hydrogens is 288 g/mol. The van der Waals surface area contributed by atoms with Crippen molar-refractivity contribution in [2.75, 3.05) is 10.5 Å². The van der Waals surface area contributed by atoms with Crippen LogP contribution in [0.2, 0.25) is 0 Å². The van der Waals surface area contributed by atoms with Crippen molar-refractivity contribution in [2.45, 2.75) is 19.4 Å². The summed E-state index contributed by atoms with van der Waals surface area (Å²) in [5.74, 6) is 0.336. The molecule has 1 atom stereocenters. The minimum atomic E-state index is -3.47. The third-order valence-electron chi connectivity index (χ3n) is 3.32. The van der Waals surface area contributed by atoms with Gasteiger partial charge in [-0.15, -0.1) is 0 Å². The molecule has 3 N–H and O–H groups in total. The van der Waals surface area contributed by atoms with Crippen LogP contribution < -0.4 is 10.5 Å². The Morgan fingerprint density at radius 1 is 1.33 bits per heavy atom. The molecule has 2 rings (SSSR count). The van der Waals surface area contributed by atoms with Gasteiger partial charge in [-0.05, 0) is 11.5 Å². The highest BCUT2D eigenvalue weighted by Crippen LogP contribution is 2.20. The number of nitrogens with two attached hydrogens (primary N) is 1. The van der Waals surface area contributed by atoms with Crippen LogP contribution in [0.5, 0.6) is 0 Å². The Bertz CT molecular complexity index is 695. The zero-order chi connectivity index (χ0) is 15.5. The molecule has 1 heterocycles. The number of anilines is 1. The fraction of sp³-hybridized carbons (Fsp3) is 0.357. The molecule has 1 aromatic heterocycles. The summed E-state index contributed by atoms with van der Waals surface area (Å²) in [5, 5.41) is 4.02. The van der Waals surface area contributed by atoms with Crippen LogP contribution in [0.3, 0.4) is 0 Å². The zero-order valence-corrected chi connectivity index (χ0v) is 13.0. The van der Waals surface area contributed by atoms with E-state index in [1.165, 1.54) is 4.68 Å². The molecule has 21 heavy (non-hydrogen) atoms. The second-order valence-electron chi connectivity index (χ2n) is 5.04. The first-order valence-electron chi connectivity index (χ1n) is 6.69. The van der Waals surface area contributed by atoms with E-state index in [0.29, 0.717) is 11.4 Å². The topological polar surface area (TPSA) is 90.0 Å². The van der Waals surface area contributed by atoms with Crippen molar-refractivity contribution in [3.63, 3.8) is 0 Å². The maximum atomic E-state index is 12.3. The molecule has 6 nitrogen and oxygen atoms in total. The summed E-state index contributed by atoms with van der Waals surface area (Å²) in [6, 6.07) is 9.57. The highest BCUT2D eigenvalue weighted by Gasteiger charge is 2.20. The number of hydrogen-bond acceptors (Lipinski definition) is 4. The highest BCUT2D eigenvalue weighted by atomic mass is 32.2. The van der Waals surface area contributed by atoms with Gasteiger partial charge in [0.2, 0.25) is 10.0 Å². The third kappa shape index (κ3) is 3.83. The lowest BCUT2D eigenvalue weighted by molar-refractivity contribution is 0.594. The number of nitrogens with one attached hydrogen (secondary N) is 1. The van der Waals surface area contributed by atoms with E-state index in [0.717, 1.165) is 5.56 Å². The van der Waals surface area contributed by atoms with E-state index in [9.17, 15) is 8.42 Å². The van der Waals surface area contributed by atoms with Gasteiger partial charge in [0.15, 0.2) is 0 Å². The summed E-state index contributed by atoms with van der Waals surface area (Å²) in [4.78, 5) is 0. The van der Waals surface area contributed by atoms with Gasteiger partial charge in [0, 0.05) is 19.2 Å². The van der Waals surface area contributed by atoms with Crippen molar-refractivity contribution in [1.82, 2.24) is 9.78 Å². The summed E-state index contributed by atoms with van der Waals surface area (Å²) >= 11 is 0. The monoisotopic (exact) mass is 308 g/mol. The largest absolute Gasteiger partial charge is 0.326 e. The summed E-state index contributed by atoms with van der Waals surface area (Å²) in [7, 11) is -1.80. The summed E-state index contributed by atoms with van der Waals surface area (Å²) in [6.07, 6.45) is 1.57. The Morgan fingerprint density at radius 2 is 2.00 bits per heavy atom. The first-order valence-corrected chi connectivity index (χ1v) is 8.34. The van der Waals surface area contributed by atoms with Gasteiger partial charge in [0.05, 0.1) is 11.9 Å². The Labute approximate surface area is 125 Å². The number of aromatic nitrogens is 2. The van der Waals surface area contributed by atoms with E-state index in [4.69, 9.17) is 5.73 Å². The normalized spacial score (nSPS) is 13.1. The van der Waals surface area contributed by atoms with Gasteiger partial charge in [0.1, 0.15) is 5.82 Å². The van der Waals surface area contributed by atoms with Crippen molar-refractivity contribution in [3.05, 3.63) is 47.7 Å². The summed E-state index contributed by atoms with van der Waals surface area (Å²) < 4.78 is 28.7. The maximum absolute atomic E-state index is 12.3. The molecule has 0 spiro atoms. The minimum absolute atomic E-state index is 0.00616. The van der Waals surface area contributed by atoms with Gasteiger partial charge in [-0.1, -0.05) is 37.3 Å². The molecule has 0 radical (unpaired) electrons. The molecule has 7 heteroatoms. The predicted octanol–water partition coefficient (Wildman–Crippen LogP) is 1.42. The average molecular weight is 308 g/mol. The Hall–Kier alpha value is -1.86. The van der Waals surface area contributed by atoms with Crippen molar-refractivity contribution < 1.29 is 8.42 Å². The van der Waals surface area contributed by atoms with E-state index < -0.39 is 10.0 Å². The molecule has 2 aromatic rings. The standard InChI is InChI=1S/C14H20N4O2S/c1-11(12-6-4-3-5-7-12)10-21(19,20)17-14-13(8-15)9-16-18(14)2/h3-7,9,11,17H,8,10,15H2,1-2H3. The van der Waals surface area contributed by atoms with Crippen molar-refractivity contribution in [1.29, 1.82) is 0 Å². The molecule has 0 saturated heterocycles. The molecule has 0 fully saturated rings. The van der Waals surface area contributed by atoms with Gasteiger partial charge in [-0.3, -0.25) is 9.40 Å². The van der Waals surface area contributed by atoms with E-state index in [1.807, 2.05) is 37.3 Å². The highest BCUT2D eigenvalue weighted by molar-refractivity contribution is 7.92. The summed E-state index contributed by atoms with van der Waals surface area (Å²) in [6.45, 7) is 2.13. The van der Waals surface area contributed by atoms with Crippen LogP contribution in [0.1, 0.15) is 24.0 Å². The van der Waals surface area contributed by atoms with E-state index >= 15 is 0 Å². The number of sulfonamides is 1. The van der Waals surface area contributed by atoms with Crippen molar-refractivity contribution >= 4 is 15.8 Å². The predicted molar refractivity (Wildman–Crippen MR) is 83.4 cm³/mol. The Kier molecular flexibility index (Phi) is 4.64. The number of aryl methyl sites for hydroxylation is 1. The summed E-state index contributed by atoms with van der Waals surface area (Å²) in [5.41, 5.74) is 7.25. The molecule has 1 aromatic carbocycles. The first kappa shape index (κ1) is 15.5. The van der Waals surface area contributed by atoms with Crippen LogP contribution in [-0.2, 0) is 23.6 Å². The molecule has 0 aliphatic rings. The second kappa shape index (κ2) is 6.28. The number of nitrogens with zero attached hydrogens (tertiary/aromatic N) is 2. The van der Waals surface area contributed by atoms with Crippen LogP contribution in [0.15, 0.2) is 36.5 Å². The van der Waals surface area contributed by atoms with Gasteiger partial charge >= 0.3 is 0 Å². The van der Waals surface area contributed by atoms with E-state index in [2.05, 4.69) is 9.82 Å². The molecule has 0 amide bonds. The molecule has 0 saturated carbocycles. The molecule has 114 valence electrons. The number of hydrogen-bond donors (Lipinski definition) is 2. The Balaban J connectivity index is 2.14. The van der Waals surface area contributed by atoms with Crippen molar-refractivity contribution in [2.24, 2.45) is 12.8 Å². The van der Waals surface area contributed by atoms with Crippen molar-refractivity contribution in [3.8, 4) is 0 Å². The van der Waals surface area contributed by atoms with Crippen LogP contribution in [0.25, 0.3) is 0 Å². The first-order chi connectivity index (χ1) is 9.93. The fourth-order valence-electron chi connectivity index (χ4n) is 2.16. The van der Waals surface area contributed by atoms with Gasteiger partial charge in [-0.25, -0.2) is 8.42 Å². The van der Waals surface area contributed by atoms with E-state index in [-0.39, 0.29) is 18.2 Å². The SMILES string of the molecule is CC(CS(=O)(=O)Nc1c(CN)cnn1C)c1ccccc1. The Morgan fingerprint density at radius 3 is 2.62 bits per heavy atom. The molecule has 0 aliphatic carbocycles. The van der Waals surface area contributed by atoms with Crippen LogP contribution in [-0.4, -0.2) is 24.0 Å². The molecule has 1 unspecified atom stereocenters. The average Bonchev–Trinajstić information content (AvgIpc) is 2.79. The number of rotatable bonds is 6. The van der Waals surface area contributed by atoms with Gasteiger partial charge < -0.3 is 5.73 Å². The molecule has 0 bridgehead atoms. The number of benzene rings is 1. The minimum Gasteiger partial charge on any atom is -0.326 e. The zero-order valence-electron chi connectivity index (χ0n) is 12.2. The van der Waals surface area contributed by atoms with E-state index in [1.54, 1.807) is 13.2 Å². The molecular formula is C14H20N4O2S. The fourth-order valence-corrected chi connectivity index (χ4v) is 3.65. The smallest absolute Gasteiger partial charge is 0.234 e. The van der Waals surface area contributed by atoms with Crippen LogP contribution in [0.4, 0.5) is 5.82 Å².